The highest BCUT2D eigenvalue weighted by atomic mass is 32.2. The molecule has 0 aliphatic heterocycles. The van der Waals surface area contributed by atoms with E-state index in [-0.39, 0.29) is 24.3 Å². The van der Waals surface area contributed by atoms with Gasteiger partial charge in [0.15, 0.2) is 0 Å². The summed E-state index contributed by atoms with van der Waals surface area (Å²) in [7, 11) is -31.4. The Balaban J connectivity index is 1.85. The van der Waals surface area contributed by atoms with Gasteiger partial charge in [-0.3, -0.25) is 18.2 Å². The quantitative estimate of drug-likeness (QED) is 0.132. The van der Waals surface area contributed by atoms with Crippen LogP contribution in [-0.2, 0) is 60.1 Å². The molecule has 0 fully saturated rings. The van der Waals surface area contributed by atoms with Crippen molar-refractivity contribution in [2.75, 3.05) is 0 Å². The van der Waals surface area contributed by atoms with Crippen LogP contribution < -0.4 is 4.74 Å². The monoisotopic (exact) mass is 806 g/mol. The molecule has 0 bridgehead atoms. The number of halogens is 2. The summed E-state index contributed by atoms with van der Waals surface area (Å²) in [5.74, 6) is -5.15. The summed E-state index contributed by atoms with van der Waals surface area (Å²) in [5.41, 5.74) is 0. The van der Waals surface area contributed by atoms with Gasteiger partial charge in [0.2, 0.25) is 19.7 Å². The summed E-state index contributed by atoms with van der Waals surface area (Å²) >= 11 is 0. The van der Waals surface area contributed by atoms with Crippen molar-refractivity contribution in [1.29, 1.82) is 0 Å². The van der Waals surface area contributed by atoms with Gasteiger partial charge in [-0.2, -0.15) is 33.7 Å². The van der Waals surface area contributed by atoms with Gasteiger partial charge in [0, 0.05) is 0 Å². The molecule has 264 valence electrons. The van der Waals surface area contributed by atoms with Crippen LogP contribution in [0.4, 0.5) is 8.78 Å². The van der Waals surface area contributed by atoms with Crippen molar-refractivity contribution in [1.82, 2.24) is 0 Å². The average Bonchev–Trinajstić information content (AvgIpc) is 2.95. The van der Waals surface area contributed by atoms with Crippen LogP contribution in [0.2, 0.25) is 0 Å². The molecule has 0 aromatic heterocycles. The number of ether oxygens (including phenoxy) is 1. The van der Waals surface area contributed by atoms with Crippen molar-refractivity contribution >= 4 is 60.1 Å². The first-order chi connectivity index (χ1) is 22.1. The zero-order valence-corrected chi connectivity index (χ0v) is 28.1. The van der Waals surface area contributed by atoms with Gasteiger partial charge in [0.25, 0.3) is 40.5 Å². The molecule has 0 aliphatic rings. The van der Waals surface area contributed by atoms with Crippen LogP contribution in [0.3, 0.4) is 0 Å². The smallest absolute Gasteiger partial charge is 0.298 e. The van der Waals surface area contributed by atoms with E-state index in [0.29, 0.717) is 48.5 Å². The maximum atomic E-state index is 13.9. The molecule has 0 heterocycles. The molecule has 0 spiro atoms. The van der Waals surface area contributed by atoms with E-state index in [2.05, 4.69) is 0 Å². The van der Waals surface area contributed by atoms with E-state index in [1.54, 1.807) is 0 Å². The summed E-state index contributed by atoms with van der Waals surface area (Å²) in [6.45, 7) is 0. The summed E-state index contributed by atoms with van der Waals surface area (Å²) in [5, 5.41) is 0. The van der Waals surface area contributed by atoms with Crippen LogP contribution >= 0.6 is 0 Å². The molecule has 0 saturated carbocycles. The molecule has 4 aromatic rings. The van der Waals surface area contributed by atoms with Crippen molar-refractivity contribution in [3.63, 3.8) is 0 Å². The predicted molar refractivity (Wildman–Crippen MR) is 156 cm³/mol. The maximum absolute atomic E-state index is 13.9. The third-order valence-electron chi connectivity index (χ3n) is 6.21. The molecule has 25 heteroatoms. The first kappa shape index (κ1) is 37.9. The lowest BCUT2D eigenvalue weighted by Crippen LogP contribution is -2.10. The van der Waals surface area contributed by atoms with E-state index in [4.69, 9.17) is 4.74 Å². The van der Waals surface area contributed by atoms with Crippen LogP contribution in [0.25, 0.3) is 0 Å². The summed E-state index contributed by atoms with van der Waals surface area (Å²) in [6.07, 6.45) is 0. The number of hydrogen-bond donors (Lipinski definition) is 4. The van der Waals surface area contributed by atoms with Gasteiger partial charge < -0.3 is 4.74 Å². The van der Waals surface area contributed by atoms with Crippen LogP contribution in [0, 0.1) is 11.6 Å². The molecule has 0 saturated heterocycles. The van der Waals surface area contributed by atoms with Gasteiger partial charge in [-0.1, -0.05) is 0 Å². The first-order valence-corrected chi connectivity index (χ1v) is 20.8. The van der Waals surface area contributed by atoms with Gasteiger partial charge in [-0.25, -0.2) is 25.6 Å². The summed E-state index contributed by atoms with van der Waals surface area (Å²) in [4.78, 5) is -9.63. The molecule has 0 atom stereocenters. The molecule has 4 rings (SSSR count). The average molecular weight is 807 g/mol. The Hall–Kier alpha value is -3.92. The Bertz CT molecular complexity index is 2540. The van der Waals surface area contributed by atoms with Gasteiger partial charge in [0.1, 0.15) is 42.7 Å². The Morgan fingerprint density at radius 3 is 0.898 bits per heavy atom. The number of benzene rings is 4. The molecular formula is C24H16F2O17S6. The van der Waals surface area contributed by atoms with Crippen molar-refractivity contribution in [2.24, 2.45) is 0 Å². The van der Waals surface area contributed by atoms with Crippen LogP contribution in [-0.4, -0.2) is 68.7 Å². The fraction of sp³-hybridized carbons (Fsp3) is 0. The van der Waals surface area contributed by atoms with E-state index in [0.717, 1.165) is 0 Å². The second kappa shape index (κ2) is 12.4. The lowest BCUT2D eigenvalue weighted by molar-refractivity contribution is 0.432. The molecule has 0 radical (unpaired) electrons. The first-order valence-electron chi connectivity index (χ1n) is 12.1. The van der Waals surface area contributed by atoms with Gasteiger partial charge in [0.05, 0.1) is 19.6 Å². The molecule has 0 aliphatic carbocycles. The van der Waals surface area contributed by atoms with E-state index in [1.165, 1.54) is 0 Å². The molecule has 4 N–H and O–H groups in total. The number of rotatable bonds is 10. The Morgan fingerprint density at radius 1 is 0.388 bits per heavy atom. The highest BCUT2D eigenvalue weighted by Crippen LogP contribution is 2.37. The number of sulfone groups is 2. The van der Waals surface area contributed by atoms with Gasteiger partial charge >= 0.3 is 0 Å². The topological polar surface area (TPSA) is 295 Å². The fourth-order valence-corrected chi connectivity index (χ4v) is 9.35. The van der Waals surface area contributed by atoms with E-state index in [1.807, 2.05) is 0 Å². The predicted octanol–water partition coefficient (Wildman–Crippen LogP) is 2.41. The minimum Gasteiger partial charge on any atom is -0.454 e. The minimum atomic E-state index is -5.49. The van der Waals surface area contributed by atoms with Crippen molar-refractivity contribution in [3.8, 4) is 11.5 Å². The number of hydrogen-bond acceptors (Lipinski definition) is 13. The van der Waals surface area contributed by atoms with Crippen molar-refractivity contribution < 1.29 is 82.2 Å². The van der Waals surface area contributed by atoms with Crippen LogP contribution in [0.1, 0.15) is 0 Å². The van der Waals surface area contributed by atoms with Crippen molar-refractivity contribution in [2.45, 2.75) is 39.2 Å². The van der Waals surface area contributed by atoms with Crippen LogP contribution in [0.15, 0.2) is 112 Å². The van der Waals surface area contributed by atoms with E-state index in [9.17, 15) is 77.5 Å². The summed E-state index contributed by atoms with van der Waals surface area (Å²) < 4.78 is 218. The Labute approximate surface area is 276 Å². The molecule has 0 unspecified atom stereocenters. The van der Waals surface area contributed by atoms with Crippen molar-refractivity contribution in [3.05, 3.63) is 84.4 Å². The Kier molecular flexibility index (Phi) is 9.62. The largest absolute Gasteiger partial charge is 0.454 e. The molecule has 4 aromatic carbocycles. The second-order valence-electron chi connectivity index (χ2n) is 9.41. The normalized spacial score (nSPS) is 13.3. The third-order valence-corrected chi connectivity index (χ3v) is 13.2. The highest BCUT2D eigenvalue weighted by Gasteiger charge is 2.30. The fourth-order valence-electron chi connectivity index (χ4n) is 3.97. The molecule has 0 amide bonds. The summed E-state index contributed by atoms with van der Waals surface area (Å²) in [6, 6.07) is 5.04. The zero-order valence-electron chi connectivity index (χ0n) is 23.2. The second-order valence-corrected chi connectivity index (χ2v) is 18.9. The van der Waals surface area contributed by atoms with Gasteiger partial charge in [-0.05, 0) is 72.8 Å². The van der Waals surface area contributed by atoms with Crippen LogP contribution in [0.5, 0.6) is 11.5 Å². The highest BCUT2D eigenvalue weighted by molar-refractivity contribution is 7.92. The lowest BCUT2D eigenvalue weighted by atomic mass is 10.3. The van der Waals surface area contributed by atoms with E-state index < -0.39 is 122 Å². The lowest BCUT2D eigenvalue weighted by Gasteiger charge is -2.15. The molecular weight excluding hydrogens is 791 g/mol. The SMILES string of the molecule is O=S(=O)(O)c1cc(S(=O)(=O)c2ccc(Oc3ccc(S(=O)(=O)c4ccc(F)c(S(=O)(=O)O)c4)cc3S(=O)(=O)O)c(S(=O)(=O)O)c2)ccc1F. The van der Waals surface area contributed by atoms with Gasteiger partial charge in [-0.15, -0.1) is 0 Å². The molecule has 49 heavy (non-hydrogen) atoms. The zero-order chi connectivity index (χ0) is 37.1. The standard InChI is InChI=1S/C24H16F2O17S6/c25-17-5-1-13(9-21(17)46(31,32)33)44(27,28)15-3-7-19(23(11-15)48(37,38)39)43-20-8-4-16(12-24(20)49(40,41)42)45(29,30)14-2-6-18(26)22(10-14)47(34,35)36/h1-12H,(H,31,32,33)(H,34,35,36)(H,37,38,39)(H,40,41,42). The van der Waals surface area contributed by atoms with E-state index >= 15 is 0 Å². The Morgan fingerprint density at radius 2 is 0.633 bits per heavy atom. The molecule has 17 nitrogen and oxygen atoms in total. The minimum absolute atomic E-state index is 0.209. The third kappa shape index (κ3) is 7.79. The maximum Gasteiger partial charge on any atom is 0.298 e.